The number of nitrogens with one attached hydrogen (secondary N) is 1. The molecule has 0 bridgehead atoms. The van der Waals surface area contributed by atoms with Gasteiger partial charge in [-0.05, 0) is 38.4 Å². The largest absolute Gasteiger partial charge is 0.480 e. The number of carboxylic acids is 1. The molecule has 2 N–H and O–H groups in total. The normalized spacial score (nSPS) is 16.9. The van der Waals surface area contributed by atoms with Crippen LogP contribution < -0.4 is 5.32 Å². The molecule has 0 spiro atoms. The summed E-state index contributed by atoms with van der Waals surface area (Å²) in [7, 11) is 0. The predicted molar refractivity (Wildman–Crippen MR) is 93.4 cm³/mol. The minimum absolute atomic E-state index is 0.372. The molecule has 1 aliphatic rings. The van der Waals surface area contributed by atoms with Crippen molar-refractivity contribution in [2.75, 3.05) is 13.1 Å². The number of nitrogens with zero attached hydrogens (tertiary/aromatic N) is 3. The quantitative estimate of drug-likeness (QED) is 0.782. The number of thioether (sulfide) groups is 1. The maximum absolute atomic E-state index is 11.2. The highest BCUT2D eigenvalue weighted by Gasteiger charge is 2.25. The van der Waals surface area contributed by atoms with Gasteiger partial charge >= 0.3 is 5.97 Å². The second-order valence-electron chi connectivity index (χ2n) is 6.04. The second kappa shape index (κ2) is 7.81. The Bertz CT molecular complexity index is 683. The number of aromatic nitrogens is 3. The van der Waals surface area contributed by atoms with Crippen molar-refractivity contribution in [3.05, 3.63) is 41.7 Å². The molecule has 24 heavy (non-hydrogen) atoms. The molecule has 1 aromatic heterocycles. The number of hydrogen-bond donors (Lipinski definition) is 2. The predicted octanol–water partition coefficient (Wildman–Crippen LogP) is 2.36. The first kappa shape index (κ1) is 17.0. The molecule has 1 atom stereocenters. The van der Waals surface area contributed by atoms with Crippen LogP contribution in [0.1, 0.15) is 37.1 Å². The highest BCUT2D eigenvalue weighted by molar-refractivity contribution is 8.00. The Morgan fingerprint density at radius 2 is 2.04 bits per heavy atom. The molecule has 0 saturated carbocycles. The van der Waals surface area contributed by atoms with Gasteiger partial charge < -0.3 is 15.0 Å². The zero-order chi connectivity index (χ0) is 16.9. The molecular weight excluding hydrogens is 324 g/mol. The highest BCUT2D eigenvalue weighted by Crippen LogP contribution is 2.29. The summed E-state index contributed by atoms with van der Waals surface area (Å²) in [6, 6.07) is 10.2. The Morgan fingerprint density at radius 3 is 2.71 bits per heavy atom. The minimum Gasteiger partial charge on any atom is -0.480 e. The lowest BCUT2D eigenvalue weighted by molar-refractivity contribution is -0.136. The molecule has 3 rings (SSSR count). The van der Waals surface area contributed by atoms with Crippen molar-refractivity contribution in [2.24, 2.45) is 0 Å². The summed E-state index contributed by atoms with van der Waals surface area (Å²) in [4.78, 5) is 11.2. The van der Waals surface area contributed by atoms with Crippen molar-refractivity contribution < 1.29 is 9.90 Å². The molecule has 1 aromatic carbocycles. The van der Waals surface area contributed by atoms with Crippen LogP contribution in [0.2, 0.25) is 0 Å². The summed E-state index contributed by atoms with van der Waals surface area (Å²) >= 11 is 1.26. The molecule has 0 aliphatic carbocycles. The lowest BCUT2D eigenvalue weighted by Gasteiger charge is -2.23. The average molecular weight is 346 g/mol. The number of benzene rings is 1. The molecule has 1 fully saturated rings. The smallest absolute Gasteiger partial charge is 0.316 e. The summed E-state index contributed by atoms with van der Waals surface area (Å²) in [5.41, 5.74) is 1.16. The van der Waals surface area contributed by atoms with E-state index in [1.807, 2.05) is 18.2 Å². The van der Waals surface area contributed by atoms with E-state index in [4.69, 9.17) is 0 Å². The summed E-state index contributed by atoms with van der Waals surface area (Å²) in [5.74, 6) is 0.509. The van der Waals surface area contributed by atoms with Gasteiger partial charge in [-0.2, -0.15) is 0 Å². The summed E-state index contributed by atoms with van der Waals surface area (Å²) < 4.78 is 2.09. The summed E-state index contributed by atoms with van der Waals surface area (Å²) in [5, 5.41) is 21.4. The fourth-order valence-electron chi connectivity index (χ4n) is 2.89. The first-order valence-corrected chi connectivity index (χ1v) is 9.10. The van der Waals surface area contributed by atoms with Crippen LogP contribution in [0.3, 0.4) is 0 Å². The van der Waals surface area contributed by atoms with E-state index in [0.29, 0.717) is 17.6 Å². The zero-order valence-corrected chi connectivity index (χ0v) is 14.5. The summed E-state index contributed by atoms with van der Waals surface area (Å²) in [6.45, 7) is 4.31. The van der Waals surface area contributed by atoms with E-state index in [1.165, 1.54) is 11.8 Å². The molecule has 7 heteroatoms. The van der Waals surface area contributed by atoms with Crippen molar-refractivity contribution in [1.82, 2.24) is 20.1 Å². The number of carboxylic acid groups (broad SMARTS) is 1. The third-order valence-electron chi connectivity index (χ3n) is 4.26. The maximum Gasteiger partial charge on any atom is 0.316 e. The van der Waals surface area contributed by atoms with Crippen LogP contribution in [0.25, 0.3) is 0 Å². The molecule has 1 unspecified atom stereocenters. The van der Waals surface area contributed by atoms with E-state index in [0.717, 1.165) is 37.3 Å². The Hall–Kier alpha value is -1.86. The van der Waals surface area contributed by atoms with Gasteiger partial charge in [-0.25, -0.2) is 0 Å². The number of hydrogen-bond acceptors (Lipinski definition) is 5. The number of aliphatic carboxylic acids is 1. The summed E-state index contributed by atoms with van der Waals surface area (Å²) in [6.07, 6.45) is 2.07. The molecule has 1 saturated heterocycles. The highest BCUT2D eigenvalue weighted by atomic mass is 32.2. The number of piperidine rings is 1. The third kappa shape index (κ3) is 3.96. The van der Waals surface area contributed by atoms with E-state index in [1.54, 1.807) is 6.92 Å². The molecule has 1 aliphatic heterocycles. The van der Waals surface area contributed by atoms with Gasteiger partial charge in [-0.15, -0.1) is 10.2 Å². The topological polar surface area (TPSA) is 80.0 Å². The van der Waals surface area contributed by atoms with Gasteiger partial charge in [0.05, 0.1) is 6.54 Å². The molecule has 0 radical (unpaired) electrons. The van der Waals surface area contributed by atoms with Crippen LogP contribution in [0.4, 0.5) is 0 Å². The van der Waals surface area contributed by atoms with Gasteiger partial charge in [0.25, 0.3) is 0 Å². The van der Waals surface area contributed by atoms with Crippen LogP contribution in [0, 0.1) is 0 Å². The lowest BCUT2D eigenvalue weighted by Crippen LogP contribution is -2.28. The Labute approximate surface area is 145 Å². The molecule has 128 valence electrons. The van der Waals surface area contributed by atoms with Crippen LogP contribution >= 0.6 is 11.8 Å². The lowest BCUT2D eigenvalue weighted by atomic mass is 9.97. The number of carbonyl (C=O) groups is 1. The van der Waals surface area contributed by atoms with E-state index in [2.05, 4.69) is 32.2 Å². The van der Waals surface area contributed by atoms with Gasteiger partial charge in [0.15, 0.2) is 5.16 Å². The Kier molecular flexibility index (Phi) is 5.52. The maximum atomic E-state index is 11.2. The fraction of sp³-hybridized carbons (Fsp3) is 0.471. The molecule has 0 amide bonds. The van der Waals surface area contributed by atoms with E-state index < -0.39 is 11.2 Å². The first-order valence-electron chi connectivity index (χ1n) is 8.22. The van der Waals surface area contributed by atoms with Crippen molar-refractivity contribution in [2.45, 2.75) is 42.6 Å². The van der Waals surface area contributed by atoms with Gasteiger partial charge in [0.2, 0.25) is 0 Å². The monoisotopic (exact) mass is 346 g/mol. The molecule has 2 heterocycles. The van der Waals surface area contributed by atoms with Gasteiger partial charge in [0, 0.05) is 5.92 Å². The van der Waals surface area contributed by atoms with Crippen molar-refractivity contribution in [3.8, 4) is 0 Å². The third-order valence-corrected chi connectivity index (χ3v) is 5.33. The van der Waals surface area contributed by atoms with E-state index in [-0.39, 0.29) is 0 Å². The Balaban J connectivity index is 1.90. The van der Waals surface area contributed by atoms with E-state index in [9.17, 15) is 9.90 Å². The van der Waals surface area contributed by atoms with Crippen molar-refractivity contribution >= 4 is 17.7 Å². The minimum atomic E-state index is -0.835. The van der Waals surface area contributed by atoms with E-state index >= 15 is 0 Å². The van der Waals surface area contributed by atoms with Crippen molar-refractivity contribution in [1.29, 1.82) is 0 Å². The molecular formula is C17H22N4O2S. The van der Waals surface area contributed by atoms with Gasteiger partial charge in [0.1, 0.15) is 11.1 Å². The second-order valence-corrected chi connectivity index (χ2v) is 7.34. The number of rotatable bonds is 6. The molecule has 2 aromatic rings. The fourth-order valence-corrected chi connectivity index (χ4v) is 3.68. The van der Waals surface area contributed by atoms with Crippen molar-refractivity contribution in [3.63, 3.8) is 0 Å². The standard InChI is InChI=1S/C17H22N4O2S/c1-12(16(22)23)24-17-20-19-15(14-7-9-18-10-8-14)21(17)11-13-5-3-2-4-6-13/h2-6,12,14,18H,7-11H2,1H3,(H,22,23). The van der Waals surface area contributed by atoms with Gasteiger partial charge in [-0.1, -0.05) is 42.1 Å². The zero-order valence-electron chi connectivity index (χ0n) is 13.7. The average Bonchev–Trinajstić information content (AvgIpc) is 2.99. The Morgan fingerprint density at radius 1 is 1.33 bits per heavy atom. The SMILES string of the molecule is CC(Sc1nnc(C2CCNCC2)n1Cc1ccccc1)C(=O)O. The molecule has 6 nitrogen and oxygen atoms in total. The van der Waals surface area contributed by atoms with Crippen LogP contribution in [0.5, 0.6) is 0 Å². The van der Waals surface area contributed by atoms with Crippen LogP contribution in [-0.4, -0.2) is 44.2 Å². The van der Waals surface area contributed by atoms with Crippen LogP contribution in [0.15, 0.2) is 35.5 Å². The first-order chi connectivity index (χ1) is 11.6. The van der Waals surface area contributed by atoms with Gasteiger partial charge in [-0.3, -0.25) is 4.79 Å². The van der Waals surface area contributed by atoms with Crippen LogP contribution in [-0.2, 0) is 11.3 Å².